The van der Waals surface area contributed by atoms with Crippen LogP contribution in [0.2, 0.25) is 0 Å². The number of thiazole rings is 1. The number of carbonyl (C=O) groups is 1. The van der Waals surface area contributed by atoms with Gasteiger partial charge in [0.15, 0.2) is 10.9 Å². The topological polar surface area (TPSA) is 109 Å². The van der Waals surface area contributed by atoms with Crippen molar-refractivity contribution in [3.05, 3.63) is 36.0 Å². The smallest absolute Gasteiger partial charge is 0.223 e. The highest BCUT2D eigenvalue weighted by molar-refractivity contribution is 7.18. The monoisotopic (exact) mass is 492 g/mol. The van der Waals surface area contributed by atoms with E-state index >= 15 is 0 Å². The maximum absolute atomic E-state index is 11.1. The molecule has 2 fully saturated rings. The summed E-state index contributed by atoms with van der Waals surface area (Å²) in [5.41, 5.74) is 2.71. The largest absolute Gasteiger partial charge is 0.351 e. The van der Waals surface area contributed by atoms with Crippen LogP contribution >= 0.6 is 11.3 Å². The molecule has 1 aliphatic carbocycles. The lowest BCUT2D eigenvalue weighted by molar-refractivity contribution is -0.112. The van der Waals surface area contributed by atoms with E-state index in [1.54, 1.807) is 12.4 Å². The zero-order valence-electron chi connectivity index (χ0n) is 20.1. The summed E-state index contributed by atoms with van der Waals surface area (Å²) in [5, 5.41) is 7.52. The first-order valence-corrected chi connectivity index (χ1v) is 13.3. The summed E-state index contributed by atoms with van der Waals surface area (Å²) >= 11 is 1.53. The van der Waals surface area contributed by atoms with E-state index in [-0.39, 0.29) is 5.92 Å². The van der Waals surface area contributed by atoms with Gasteiger partial charge in [-0.2, -0.15) is 0 Å². The number of anilines is 3. The fourth-order valence-corrected chi connectivity index (χ4v) is 5.61. The van der Waals surface area contributed by atoms with Crippen molar-refractivity contribution in [2.75, 3.05) is 23.7 Å². The second kappa shape index (κ2) is 11.2. The highest BCUT2D eigenvalue weighted by atomic mass is 32.1. The molecule has 1 aliphatic heterocycles. The number of carbonyl (C=O) groups excluding carboxylic acids is 1. The van der Waals surface area contributed by atoms with E-state index in [2.05, 4.69) is 35.5 Å². The van der Waals surface area contributed by atoms with Gasteiger partial charge in [-0.25, -0.2) is 19.9 Å². The molecule has 0 amide bonds. The molecule has 1 saturated carbocycles. The van der Waals surface area contributed by atoms with Crippen molar-refractivity contribution in [2.45, 2.75) is 64.5 Å². The lowest BCUT2D eigenvalue weighted by atomic mass is 9.96. The SMILES string of the molecule is Cc1cc(-c2cnc(Nc3cnc(CN4CCCC(C=O)C4)cn3)s2)nc(NC2CCCCC2)n1. The zero-order chi connectivity index (χ0) is 24.0. The van der Waals surface area contributed by atoms with Crippen LogP contribution in [0.15, 0.2) is 24.7 Å². The third kappa shape index (κ3) is 6.37. The first-order chi connectivity index (χ1) is 17.1. The summed E-state index contributed by atoms with van der Waals surface area (Å²) in [4.78, 5) is 37.3. The van der Waals surface area contributed by atoms with Gasteiger partial charge in [0.1, 0.15) is 6.29 Å². The lowest BCUT2D eigenvalue weighted by Crippen LogP contribution is -2.35. The molecule has 10 heteroatoms. The van der Waals surface area contributed by atoms with Crippen LogP contribution in [0.5, 0.6) is 0 Å². The molecule has 3 aromatic rings. The quantitative estimate of drug-likeness (QED) is 0.436. The summed E-state index contributed by atoms with van der Waals surface area (Å²) in [6.07, 6.45) is 14.7. The van der Waals surface area contributed by atoms with Crippen molar-refractivity contribution < 1.29 is 4.79 Å². The number of hydrogen-bond acceptors (Lipinski definition) is 10. The molecular formula is C25H32N8OS. The molecule has 0 bridgehead atoms. The molecule has 1 saturated heterocycles. The average Bonchev–Trinajstić information content (AvgIpc) is 3.34. The summed E-state index contributed by atoms with van der Waals surface area (Å²) < 4.78 is 0. The van der Waals surface area contributed by atoms with E-state index in [1.165, 1.54) is 43.4 Å². The Bertz CT molecular complexity index is 1130. The summed E-state index contributed by atoms with van der Waals surface area (Å²) in [5.74, 6) is 1.48. The minimum absolute atomic E-state index is 0.134. The van der Waals surface area contributed by atoms with Crippen LogP contribution in [0.25, 0.3) is 10.6 Å². The van der Waals surface area contributed by atoms with E-state index < -0.39 is 0 Å². The molecule has 5 rings (SSSR count). The molecule has 35 heavy (non-hydrogen) atoms. The van der Waals surface area contributed by atoms with Crippen molar-refractivity contribution in [1.82, 2.24) is 29.8 Å². The van der Waals surface area contributed by atoms with E-state index in [9.17, 15) is 4.79 Å². The Morgan fingerprint density at radius 3 is 2.74 bits per heavy atom. The second-order valence-electron chi connectivity index (χ2n) is 9.52. The normalized spacial score (nSPS) is 19.4. The molecule has 0 radical (unpaired) electrons. The van der Waals surface area contributed by atoms with Gasteiger partial charge in [-0.15, -0.1) is 0 Å². The van der Waals surface area contributed by atoms with Gasteiger partial charge in [-0.1, -0.05) is 30.6 Å². The number of nitrogens with one attached hydrogen (secondary N) is 2. The van der Waals surface area contributed by atoms with Gasteiger partial charge >= 0.3 is 0 Å². The van der Waals surface area contributed by atoms with Crippen molar-refractivity contribution in [2.24, 2.45) is 5.92 Å². The van der Waals surface area contributed by atoms with Crippen LogP contribution in [0, 0.1) is 12.8 Å². The van der Waals surface area contributed by atoms with Crippen LogP contribution in [-0.4, -0.2) is 55.2 Å². The Kier molecular flexibility index (Phi) is 7.58. The van der Waals surface area contributed by atoms with E-state index in [0.717, 1.165) is 59.3 Å². The van der Waals surface area contributed by atoms with E-state index in [0.29, 0.717) is 24.4 Å². The Morgan fingerprint density at radius 1 is 1.06 bits per heavy atom. The number of likely N-dealkylation sites (tertiary alicyclic amines) is 1. The molecule has 2 N–H and O–H groups in total. The van der Waals surface area contributed by atoms with Gasteiger partial charge < -0.3 is 15.4 Å². The van der Waals surface area contributed by atoms with E-state index in [4.69, 9.17) is 4.98 Å². The minimum atomic E-state index is 0.134. The van der Waals surface area contributed by atoms with Crippen LogP contribution in [0.3, 0.4) is 0 Å². The van der Waals surface area contributed by atoms with Crippen LogP contribution < -0.4 is 10.6 Å². The molecular weight excluding hydrogens is 460 g/mol. The first-order valence-electron chi connectivity index (χ1n) is 12.5. The van der Waals surface area contributed by atoms with Gasteiger partial charge in [-0.3, -0.25) is 9.88 Å². The highest BCUT2D eigenvalue weighted by Crippen LogP contribution is 2.30. The lowest BCUT2D eigenvalue weighted by Gasteiger charge is -2.29. The molecule has 4 heterocycles. The zero-order valence-corrected chi connectivity index (χ0v) is 20.9. The Hall–Kier alpha value is -2.98. The van der Waals surface area contributed by atoms with Crippen molar-refractivity contribution in [3.8, 4) is 10.6 Å². The predicted molar refractivity (Wildman–Crippen MR) is 138 cm³/mol. The van der Waals surface area contributed by atoms with Crippen molar-refractivity contribution in [1.29, 1.82) is 0 Å². The number of aryl methyl sites for hydroxylation is 1. The fraction of sp³-hybridized carbons (Fsp3) is 0.520. The number of aromatic nitrogens is 5. The third-order valence-electron chi connectivity index (χ3n) is 6.61. The maximum Gasteiger partial charge on any atom is 0.223 e. The van der Waals surface area contributed by atoms with Gasteiger partial charge in [-0.05, 0) is 45.2 Å². The number of piperidine rings is 1. The maximum atomic E-state index is 11.1. The first kappa shape index (κ1) is 23.7. The summed E-state index contributed by atoms with van der Waals surface area (Å²) in [6.45, 7) is 4.50. The van der Waals surface area contributed by atoms with E-state index in [1.807, 2.05) is 19.2 Å². The van der Waals surface area contributed by atoms with Crippen molar-refractivity contribution >= 4 is 34.5 Å². The molecule has 9 nitrogen and oxygen atoms in total. The van der Waals surface area contributed by atoms with Gasteiger partial charge in [0.2, 0.25) is 5.95 Å². The molecule has 1 atom stereocenters. The molecule has 0 spiro atoms. The molecule has 3 aromatic heterocycles. The Morgan fingerprint density at radius 2 is 1.94 bits per heavy atom. The molecule has 1 unspecified atom stereocenters. The summed E-state index contributed by atoms with van der Waals surface area (Å²) in [6, 6.07) is 2.45. The molecule has 2 aliphatic rings. The van der Waals surface area contributed by atoms with Gasteiger partial charge in [0.25, 0.3) is 0 Å². The third-order valence-corrected chi connectivity index (χ3v) is 7.55. The highest BCUT2D eigenvalue weighted by Gasteiger charge is 2.20. The fourth-order valence-electron chi connectivity index (χ4n) is 4.82. The Balaban J connectivity index is 1.21. The van der Waals surface area contributed by atoms with Gasteiger partial charge in [0, 0.05) is 36.9 Å². The summed E-state index contributed by atoms with van der Waals surface area (Å²) in [7, 11) is 0. The number of aldehydes is 1. The van der Waals surface area contributed by atoms with Gasteiger partial charge in [0.05, 0.1) is 28.7 Å². The predicted octanol–water partition coefficient (Wildman–Crippen LogP) is 4.60. The number of hydrogen-bond donors (Lipinski definition) is 2. The number of rotatable bonds is 8. The number of nitrogens with zero attached hydrogens (tertiary/aromatic N) is 6. The Labute approximate surface area is 209 Å². The second-order valence-corrected chi connectivity index (χ2v) is 10.5. The standard InChI is InChI=1S/C25H32N8OS/c1-17-10-21(31-24(29-17)30-19-7-3-2-4-8-19)22-12-28-25(35-22)32-23-13-26-20(11-27-23)15-33-9-5-6-18(14-33)16-34/h10-13,16,18-19H,2-9,14-15H2,1H3,(H,27,28,32)(H,29,30,31). The average molecular weight is 493 g/mol. The molecule has 184 valence electrons. The van der Waals surface area contributed by atoms with Crippen LogP contribution in [-0.2, 0) is 11.3 Å². The van der Waals surface area contributed by atoms with Crippen molar-refractivity contribution in [3.63, 3.8) is 0 Å². The molecule has 0 aromatic carbocycles. The van der Waals surface area contributed by atoms with Crippen LogP contribution in [0.1, 0.15) is 56.3 Å². The van der Waals surface area contributed by atoms with Crippen LogP contribution in [0.4, 0.5) is 16.9 Å². The minimum Gasteiger partial charge on any atom is -0.351 e.